The lowest BCUT2D eigenvalue weighted by Crippen LogP contribution is -2.29. The highest BCUT2D eigenvalue weighted by Crippen LogP contribution is 2.15. The van der Waals surface area contributed by atoms with Crippen LogP contribution in [0.15, 0.2) is 69.2 Å². The molecule has 12 heteroatoms. The Morgan fingerprint density at radius 3 is 2.38 bits per heavy atom. The van der Waals surface area contributed by atoms with E-state index in [2.05, 4.69) is 20.6 Å². The van der Waals surface area contributed by atoms with E-state index in [1.54, 1.807) is 24.3 Å². The minimum atomic E-state index is -4.23. The summed E-state index contributed by atoms with van der Waals surface area (Å²) in [5.74, 6) is -0.462. The number of hydrazine groups is 1. The molecule has 0 fully saturated rings. The molecule has 0 spiro atoms. The fourth-order valence-electron chi connectivity index (χ4n) is 2.26. The molecule has 0 aliphatic rings. The zero-order chi connectivity index (χ0) is 21.0. The van der Waals surface area contributed by atoms with E-state index in [4.69, 9.17) is 11.6 Å². The van der Waals surface area contributed by atoms with Gasteiger partial charge in [0.15, 0.2) is 4.90 Å². The van der Waals surface area contributed by atoms with E-state index in [0.29, 0.717) is 10.7 Å². The SMILES string of the molecule is O=C(NNc1cccc(Cl)c1)c1ccc(NS(=O)(=O)c2c[nH]c(=O)[nH]c2=O)cc1. The van der Waals surface area contributed by atoms with Gasteiger partial charge in [-0.05, 0) is 42.5 Å². The lowest BCUT2D eigenvalue weighted by molar-refractivity contribution is 0.0962. The second kappa shape index (κ2) is 8.20. The molecule has 0 saturated carbocycles. The Hall–Kier alpha value is -3.57. The molecule has 29 heavy (non-hydrogen) atoms. The predicted molar refractivity (Wildman–Crippen MR) is 107 cm³/mol. The average molecular weight is 436 g/mol. The van der Waals surface area contributed by atoms with Crippen LogP contribution in [-0.4, -0.2) is 24.3 Å². The van der Waals surface area contributed by atoms with Crippen LogP contribution in [0.4, 0.5) is 11.4 Å². The van der Waals surface area contributed by atoms with Gasteiger partial charge in [-0.2, -0.15) is 0 Å². The first-order valence-corrected chi connectivity index (χ1v) is 9.87. The van der Waals surface area contributed by atoms with Crippen LogP contribution < -0.4 is 26.8 Å². The third-order valence-electron chi connectivity index (χ3n) is 3.62. The molecule has 0 saturated heterocycles. The molecule has 10 nitrogen and oxygen atoms in total. The lowest BCUT2D eigenvalue weighted by Gasteiger charge is -2.10. The number of hydrogen-bond donors (Lipinski definition) is 5. The van der Waals surface area contributed by atoms with Gasteiger partial charge in [0.1, 0.15) is 0 Å². The van der Waals surface area contributed by atoms with Crippen LogP contribution in [0.2, 0.25) is 5.02 Å². The Kier molecular flexibility index (Phi) is 5.71. The van der Waals surface area contributed by atoms with E-state index in [0.717, 1.165) is 6.20 Å². The summed E-state index contributed by atoms with van der Waals surface area (Å²) in [6.07, 6.45) is 0.798. The van der Waals surface area contributed by atoms with Crippen LogP contribution in [0.25, 0.3) is 0 Å². The highest BCUT2D eigenvalue weighted by molar-refractivity contribution is 7.92. The quantitative estimate of drug-likeness (QED) is 0.367. The molecular weight excluding hydrogens is 422 g/mol. The third kappa shape index (κ3) is 5.03. The van der Waals surface area contributed by atoms with E-state index in [1.807, 2.05) is 4.98 Å². The van der Waals surface area contributed by atoms with E-state index < -0.39 is 32.1 Å². The molecule has 0 aliphatic heterocycles. The summed E-state index contributed by atoms with van der Waals surface area (Å²) in [6.45, 7) is 0. The fourth-order valence-corrected chi connectivity index (χ4v) is 3.52. The van der Waals surface area contributed by atoms with E-state index in [9.17, 15) is 22.8 Å². The summed E-state index contributed by atoms with van der Waals surface area (Å²) in [4.78, 5) is 38.1. The number of hydrogen-bond acceptors (Lipinski definition) is 6. The highest BCUT2D eigenvalue weighted by Gasteiger charge is 2.19. The van der Waals surface area contributed by atoms with E-state index >= 15 is 0 Å². The van der Waals surface area contributed by atoms with E-state index in [-0.39, 0.29) is 11.3 Å². The largest absolute Gasteiger partial charge is 0.325 e. The van der Waals surface area contributed by atoms with Crippen molar-refractivity contribution in [2.75, 3.05) is 10.1 Å². The summed E-state index contributed by atoms with van der Waals surface area (Å²) in [6, 6.07) is 12.2. The Balaban J connectivity index is 1.68. The molecule has 0 atom stereocenters. The maximum absolute atomic E-state index is 12.3. The summed E-state index contributed by atoms with van der Waals surface area (Å²) >= 11 is 5.86. The number of sulfonamides is 1. The molecule has 1 amide bonds. The maximum atomic E-state index is 12.3. The van der Waals surface area contributed by atoms with Gasteiger partial charge in [-0.15, -0.1) is 0 Å². The number of anilines is 2. The predicted octanol–water partition coefficient (Wildman–Crippen LogP) is 1.27. The van der Waals surface area contributed by atoms with Crippen LogP contribution in [0.5, 0.6) is 0 Å². The minimum absolute atomic E-state index is 0.120. The Morgan fingerprint density at radius 1 is 1.00 bits per heavy atom. The topological polar surface area (TPSA) is 153 Å². The van der Waals surface area contributed by atoms with Gasteiger partial charge in [-0.3, -0.25) is 30.1 Å². The van der Waals surface area contributed by atoms with Gasteiger partial charge < -0.3 is 4.98 Å². The maximum Gasteiger partial charge on any atom is 0.325 e. The molecule has 1 heterocycles. The first-order valence-electron chi connectivity index (χ1n) is 8.01. The Bertz CT molecular complexity index is 1270. The monoisotopic (exact) mass is 435 g/mol. The third-order valence-corrected chi connectivity index (χ3v) is 5.24. The molecule has 0 unspecified atom stereocenters. The molecular formula is C17H14ClN5O5S. The number of halogens is 1. The highest BCUT2D eigenvalue weighted by atomic mass is 35.5. The zero-order valence-electron chi connectivity index (χ0n) is 14.5. The Labute approximate surface area is 169 Å². The van der Waals surface area contributed by atoms with Crippen molar-refractivity contribution in [2.24, 2.45) is 0 Å². The summed E-state index contributed by atoms with van der Waals surface area (Å²) in [7, 11) is -4.23. The van der Waals surface area contributed by atoms with Gasteiger partial charge in [0, 0.05) is 22.5 Å². The summed E-state index contributed by atoms with van der Waals surface area (Å²) in [5.41, 5.74) is 4.27. The molecule has 150 valence electrons. The number of carbonyl (C=O) groups is 1. The molecule has 0 aliphatic carbocycles. The molecule has 3 rings (SSSR count). The average Bonchev–Trinajstić information content (AvgIpc) is 2.66. The number of carbonyl (C=O) groups excluding carboxylic acids is 1. The summed E-state index contributed by atoms with van der Waals surface area (Å²) in [5, 5.41) is 0.502. The molecule has 0 radical (unpaired) electrons. The number of benzene rings is 2. The lowest BCUT2D eigenvalue weighted by atomic mass is 10.2. The van der Waals surface area contributed by atoms with Crippen molar-refractivity contribution < 1.29 is 13.2 Å². The van der Waals surface area contributed by atoms with Gasteiger partial charge in [0.2, 0.25) is 0 Å². The number of H-pyrrole nitrogens is 2. The van der Waals surface area contributed by atoms with Gasteiger partial charge in [0.05, 0.1) is 5.69 Å². The minimum Gasteiger partial charge on any atom is -0.313 e. The van der Waals surface area contributed by atoms with Crippen molar-refractivity contribution in [3.05, 3.63) is 86.2 Å². The second-order valence-corrected chi connectivity index (χ2v) is 7.80. The standard InChI is InChI=1S/C17H14ClN5O5S/c18-11-2-1-3-13(8-11)21-22-15(24)10-4-6-12(7-5-10)23-29(27,28)14-9-19-17(26)20-16(14)25/h1-9,21,23H,(H,22,24)(H2,19,20,25,26). The Morgan fingerprint density at radius 2 is 1.72 bits per heavy atom. The van der Waals surface area contributed by atoms with Crippen molar-refractivity contribution in [1.29, 1.82) is 0 Å². The van der Waals surface area contributed by atoms with Crippen molar-refractivity contribution >= 4 is 38.9 Å². The molecule has 0 bridgehead atoms. The van der Waals surface area contributed by atoms with Crippen LogP contribution in [0.3, 0.4) is 0 Å². The second-order valence-electron chi connectivity index (χ2n) is 5.71. The normalized spacial score (nSPS) is 10.9. The number of aromatic amines is 2. The smallest absolute Gasteiger partial charge is 0.313 e. The van der Waals surface area contributed by atoms with Crippen LogP contribution >= 0.6 is 11.6 Å². The summed E-state index contributed by atoms with van der Waals surface area (Å²) < 4.78 is 26.8. The van der Waals surface area contributed by atoms with Crippen molar-refractivity contribution in [3.63, 3.8) is 0 Å². The fraction of sp³-hybridized carbons (Fsp3) is 0. The van der Waals surface area contributed by atoms with Crippen molar-refractivity contribution in [2.45, 2.75) is 4.90 Å². The molecule has 5 N–H and O–H groups in total. The van der Waals surface area contributed by atoms with Crippen molar-refractivity contribution in [1.82, 2.24) is 15.4 Å². The van der Waals surface area contributed by atoms with Gasteiger partial charge >= 0.3 is 5.69 Å². The van der Waals surface area contributed by atoms with Crippen molar-refractivity contribution in [3.8, 4) is 0 Å². The molecule has 2 aromatic carbocycles. The molecule has 3 aromatic rings. The van der Waals surface area contributed by atoms with Gasteiger partial charge in [-0.1, -0.05) is 17.7 Å². The van der Waals surface area contributed by atoms with Gasteiger partial charge in [0.25, 0.3) is 21.5 Å². The molecule has 1 aromatic heterocycles. The van der Waals surface area contributed by atoms with Crippen LogP contribution in [-0.2, 0) is 10.0 Å². The first kappa shape index (κ1) is 20.2. The number of amides is 1. The number of rotatable bonds is 6. The number of aromatic nitrogens is 2. The van der Waals surface area contributed by atoms with Crippen LogP contribution in [0.1, 0.15) is 10.4 Å². The van der Waals surface area contributed by atoms with E-state index in [1.165, 1.54) is 24.3 Å². The first-order chi connectivity index (χ1) is 13.7. The van der Waals surface area contributed by atoms with Gasteiger partial charge in [-0.25, -0.2) is 13.2 Å². The van der Waals surface area contributed by atoms with Crippen LogP contribution in [0, 0.1) is 0 Å². The number of nitrogens with one attached hydrogen (secondary N) is 5. The zero-order valence-corrected chi connectivity index (χ0v) is 16.1.